The average Bonchev–Trinajstić information content (AvgIpc) is 2.65. The predicted molar refractivity (Wildman–Crippen MR) is 97.1 cm³/mol. The summed E-state index contributed by atoms with van der Waals surface area (Å²) >= 11 is 0. The van der Waals surface area contributed by atoms with E-state index in [1.807, 2.05) is 73.7 Å². The fourth-order valence-electron chi connectivity index (χ4n) is 2.46. The van der Waals surface area contributed by atoms with Crippen LogP contribution in [-0.2, 0) is 4.74 Å². The molecule has 2 aromatic carbocycles. The van der Waals surface area contributed by atoms with Crippen LogP contribution in [-0.4, -0.2) is 6.54 Å². The molecule has 0 N–H and O–H groups in total. The van der Waals surface area contributed by atoms with Crippen molar-refractivity contribution in [3.05, 3.63) is 90.7 Å². The van der Waals surface area contributed by atoms with Gasteiger partial charge in [-0.05, 0) is 25.1 Å². The third-order valence-electron chi connectivity index (χ3n) is 3.67. The van der Waals surface area contributed by atoms with Crippen molar-refractivity contribution in [1.82, 2.24) is 0 Å². The minimum absolute atomic E-state index is 0.449. The highest BCUT2D eigenvalue weighted by Crippen LogP contribution is 2.21. The lowest BCUT2D eigenvalue weighted by Gasteiger charge is -2.06. The number of rotatable bonds is 5. The standard InChI is InChI=1S/C21H19NO2/c1-3-17(23-4-2)15-22-19-14-21(16-10-6-5-7-11-16)24-20-13-9-8-12-18(19)20/h3-14H,2,15H2,1H3/b17-3-,22-19?. The monoisotopic (exact) mass is 317 g/mol. The fourth-order valence-corrected chi connectivity index (χ4v) is 2.46. The van der Waals surface area contributed by atoms with Crippen molar-refractivity contribution in [2.75, 3.05) is 6.54 Å². The molecule has 0 atom stereocenters. The molecule has 3 nitrogen and oxygen atoms in total. The van der Waals surface area contributed by atoms with Gasteiger partial charge < -0.3 is 9.15 Å². The van der Waals surface area contributed by atoms with Crippen LogP contribution in [0.1, 0.15) is 6.92 Å². The maximum Gasteiger partial charge on any atom is 0.136 e. The van der Waals surface area contributed by atoms with Crippen molar-refractivity contribution >= 4 is 11.0 Å². The van der Waals surface area contributed by atoms with Gasteiger partial charge in [-0.1, -0.05) is 49.0 Å². The van der Waals surface area contributed by atoms with Crippen LogP contribution < -0.4 is 5.36 Å². The lowest BCUT2D eigenvalue weighted by Crippen LogP contribution is -2.06. The van der Waals surface area contributed by atoms with Gasteiger partial charge in [-0.2, -0.15) is 0 Å². The van der Waals surface area contributed by atoms with Gasteiger partial charge in [-0.15, -0.1) is 0 Å². The van der Waals surface area contributed by atoms with Gasteiger partial charge in [0.15, 0.2) is 0 Å². The Kier molecular flexibility index (Phi) is 4.92. The van der Waals surface area contributed by atoms with Crippen LogP contribution in [0.25, 0.3) is 22.3 Å². The molecule has 120 valence electrons. The van der Waals surface area contributed by atoms with Gasteiger partial charge in [0.1, 0.15) is 17.1 Å². The summed E-state index contributed by atoms with van der Waals surface area (Å²) in [4.78, 5) is 4.71. The molecule has 0 bridgehead atoms. The highest BCUT2D eigenvalue weighted by Gasteiger charge is 2.05. The van der Waals surface area contributed by atoms with Gasteiger partial charge in [0.2, 0.25) is 0 Å². The third kappa shape index (κ3) is 3.46. The Bertz CT molecular complexity index is 937. The van der Waals surface area contributed by atoms with Crippen LogP contribution in [0.2, 0.25) is 0 Å². The van der Waals surface area contributed by atoms with E-state index in [0.29, 0.717) is 6.54 Å². The van der Waals surface area contributed by atoms with Gasteiger partial charge in [-0.25, -0.2) is 0 Å². The molecular formula is C21H19NO2. The Labute approximate surface area is 141 Å². The number of benzene rings is 2. The van der Waals surface area contributed by atoms with Gasteiger partial charge in [-0.3, -0.25) is 4.99 Å². The van der Waals surface area contributed by atoms with Crippen molar-refractivity contribution in [3.63, 3.8) is 0 Å². The van der Waals surface area contributed by atoms with Crippen molar-refractivity contribution in [1.29, 1.82) is 0 Å². The van der Waals surface area contributed by atoms with Gasteiger partial charge >= 0.3 is 0 Å². The zero-order valence-electron chi connectivity index (χ0n) is 13.6. The molecule has 3 aromatic rings. The second-order valence-electron chi connectivity index (χ2n) is 5.21. The Hall–Kier alpha value is -3.07. The molecule has 0 aliphatic rings. The average molecular weight is 317 g/mol. The Balaban J connectivity index is 2.13. The smallest absolute Gasteiger partial charge is 0.136 e. The van der Waals surface area contributed by atoms with Gasteiger partial charge in [0, 0.05) is 17.0 Å². The molecule has 0 amide bonds. The van der Waals surface area contributed by atoms with E-state index in [1.165, 1.54) is 6.26 Å². The fraction of sp³-hybridized carbons (Fsp3) is 0.0952. The van der Waals surface area contributed by atoms with Crippen molar-refractivity contribution in [3.8, 4) is 11.3 Å². The first-order chi connectivity index (χ1) is 11.8. The van der Waals surface area contributed by atoms with Crippen LogP contribution in [0.5, 0.6) is 0 Å². The van der Waals surface area contributed by atoms with E-state index >= 15 is 0 Å². The lowest BCUT2D eigenvalue weighted by molar-refractivity contribution is 0.345. The maximum absolute atomic E-state index is 6.05. The van der Waals surface area contributed by atoms with Gasteiger partial charge in [0.05, 0.1) is 18.2 Å². The van der Waals surface area contributed by atoms with Crippen LogP contribution >= 0.6 is 0 Å². The summed E-state index contributed by atoms with van der Waals surface area (Å²) in [5.41, 5.74) is 1.83. The van der Waals surface area contributed by atoms with E-state index in [0.717, 1.165) is 33.4 Å². The van der Waals surface area contributed by atoms with E-state index < -0.39 is 0 Å². The molecule has 0 aliphatic carbocycles. The van der Waals surface area contributed by atoms with Crippen molar-refractivity contribution in [2.24, 2.45) is 4.99 Å². The molecule has 1 aromatic heterocycles. The van der Waals surface area contributed by atoms with Crippen LogP contribution in [0.15, 0.2) is 94.7 Å². The number of ether oxygens (including phenoxy) is 1. The zero-order valence-corrected chi connectivity index (χ0v) is 13.6. The molecule has 3 heteroatoms. The highest BCUT2D eigenvalue weighted by atomic mass is 16.5. The first-order valence-corrected chi connectivity index (χ1v) is 7.83. The Morgan fingerprint density at radius 2 is 1.88 bits per heavy atom. The van der Waals surface area contributed by atoms with E-state index in [9.17, 15) is 0 Å². The van der Waals surface area contributed by atoms with Crippen LogP contribution in [0.3, 0.4) is 0 Å². The zero-order chi connectivity index (χ0) is 16.8. The molecular weight excluding hydrogens is 298 g/mol. The van der Waals surface area contributed by atoms with E-state index in [1.54, 1.807) is 0 Å². The van der Waals surface area contributed by atoms with Crippen LogP contribution in [0, 0.1) is 0 Å². The highest BCUT2D eigenvalue weighted by molar-refractivity contribution is 5.78. The van der Waals surface area contributed by atoms with Crippen LogP contribution in [0.4, 0.5) is 0 Å². The second-order valence-corrected chi connectivity index (χ2v) is 5.21. The summed E-state index contributed by atoms with van der Waals surface area (Å²) in [7, 11) is 0. The molecule has 0 aliphatic heterocycles. The molecule has 24 heavy (non-hydrogen) atoms. The largest absolute Gasteiger partial charge is 0.468 e. The summed E-state index contributed by atoms with van der Waals surface area (Å²) in [6.07, 6.45) is 3.30. The molecule has 1 heterocycles. The predicted octanol–water partition coefficient (Wildman–Crippen LogP) is 5.06. The minimum Gasteiger partial charge on any atom is -0.468 e. The summed E-state index contributed by atoms with van der Waals surface area (Å²) in [6.45, 7) is 5.96. The molecule has 0 fully saturated rings. The van der Waals surface area contributed by atoms with Crippen molar-refractivity contribution < 1.29 is 9.15 Å². The molecule has 0 unspecified atom stereocenters. The number of allylic oxidation sites excluding steroid dienone is 1. The normalized spacial score (nSPS) is 12.4. The Morgan fingerprint density at radius 1 is 1.12 bits per heavy atom. The second kappa shape index (κ2) is 7.47. The van der Waals surface area contributed by atoms with E-state index in [-0.39, 0.29) is 0 Å². The summed E-state index contributed by atoms with van der Waals surface area (Å²) in [6, 6.07) is 19.9. The van der Waals surface area contributed by atoms with E-state index in [4.69, 9.17) is 14.1 Å². The van der Waals surface area contributed by atoms with Crippen molar-refractivity contribution in [2.45, 2.75) is 6.92 Å². The molecule has 0 spiro atoms. The molecule has 0 saturated heterocycles. The summed E-state index contributed by atoms with van der Waals surface area (Å²) in [5.74, 6) is 1.55. The number of para-hydroxylation sites is 1. The number of hydrogen-bond donors (Lipinski definition) is 0. The maximum atomic E-state index is 6.05. The number of nitrogens with zero attached hydrogens (tertiary/aromatic N) is 1. The molecule has 0 radical (unpaired) electrons. The minimum atomic E-state index is 0.449. The number of fused-ring (bicyclic) bond motifs is 1. The topological polar surface area (TPSA) is 34.7 Å². The summed E-state index contributed by atoms with van der Waals surface area (Å²) < 4.78 is 11.4. The summed E-state index contributed by atoms with van der Waals surface area (Å²) in [5, 5.41) is 1.86. The quantitative estimate of drug-likeness (QED) is 0.616. The Morgan fingerprint density at radius 3 is 2.62 bits per heavy atom. The first-order valence-electron chi connectivity index (χ1n) is 7.83. The first kappa shape index (κ1) is 15.8. The third-order valence-corrected chi connectivity index (χ3v) is 3.67. The number of hydrogen-bond acceptors (Lipinski definition) is 3. The lowest BCUT2D eigenvalue weighted by atomic mass is 10.1. The van der Waals surface area contributed by atoms with E-state index in [2.05, 4.69) is 6.58 Å². The SMILES string of the molecule is C=CO/C(=C\C)CN=c1cc(-c2ccccc2)oc2ccccc12. The molecule has 0 saturated carbocycles. The molecule has 3 rings (SSSR count). The van der Waals surface area contributed by atoms with Gasteiger partial charge in [0.25, 0.3) is 0 Å².